The molecule has 0 aliphatic heterocycles. The zero-order valence-electron chi connectivity index (χ0n) is 14.1. The highest BCUT2D eigenvalue weighted by Crippen LogP contribution is 2.21. The summed E-state index contributed by atoms with van der Waals surface area (Å²) < 4.78 is 26.2. The molecule has 2 rings (SSSR count). The van der Waals surface area contributed by atoms with Gasteiger partial charge >= 0.3 is 0 Å². The number of rotatable bonds is 6. The van der Waals surface area contributed by atoms with E-state index in [1.54, 1.807) is 12.1 Å². The first-order valence-electron chi connectivity index (χ1n) is 8.25. The minimum atomic E-state index is -3.45. The van der Waals surface area contributed by atoms with Gasteiger partial charge < -0.3 is 0 Å². The molecular formula is C16H26N4O2S. The second kappa shape index (κ2) is 7.88. The zero-order valence-corrected chi connectivity index (χ0v) is 14.9. The minimum Gasteiger partial charge on any atom is -0.261 e. The second-order valence-corrected chi connectivity index (χ2v) is 7.88. The van der Waals surface area contributed by atoms with E-state index in [1.807, 2.05) is 13.8 Å². The van der Waals surface area contributed by atoms with Crippen molar-refractivity contribution in [3.63, 3.8) is 0 Å². The predicted molar refractivity (Wildman–Crippen MR) is 93.0 cm³/mol. The van der Waals surface area contributed by atoms with Gasteiger partial charge in [-0.05, 0) is 43.7 Å². The summed E-state index contributed by atoms with van der Waals surface area (Å²) in [5.74, 6) is 1.34. The molecule has 1 heterocycles. The molecule has 1 fully saturated rings. The number of nitrogens with zero attached hydrogens (tertiary/aromatic N) is 3. The van der Waals surface area contributed by atoms with E-state index in [4.69, 9.17) is 0 Å². The normalized spacial score (nSPS) is 19.0. The van der Waals surface area contributed by atoms with Crippen LogP contribution >= 0.6 is 0 Å². The molecule has 1 saturated carbocycles. The fourth-order valence-electron chi connectivity index (χ4n) is 2.66. The van der Waals surface area contributed by atoms with E-state index in [-0.39, 0.29) is 4.90 Å². The standard InChI is InChI=1S/C16H26N4O2S/c1-4-20(5-2)23(21,22)15-10-11-16(17-12-15)19-18-14-8-6-13(3)7-9-14/h10-13H,4-9H2,1-3H3,(H,17,19). The summed E-state index contributed by atoms with van der Waals surface area (Å²) in [7, 11) is -3.45. The number of hydrogen-bond donors (Lipinski definition) is 1. The van der Waals surface area contributed by atoms with Crippen molar-refractivity contribution in [2.75, 3.05) is 18.5 Å². The molecule has 0 bridgehead atoms. The lowest BCUT2D eigenvalue weighted by molar-refractivity contribution is 0.445. The largest absolute Gasteiger partial charge is 0.261 e. The van der Waals surface area contributed by atoms with Crippen LogP contribution in [0.25, 0.3) is 0 Å². The van der Waals surface area contributed by atoms with Gasteiger partial charge in [-0.2, -0.15) is 9.41 Å². The molecule has 0 aromatic carbocycles. The first-order valence-corrected chi connectivity index (χ1v) is 9.69. The zero-order chi connectivity index (χ0) is 16.9. The van der Waals surface area contributed by atoms with Crippen molar-refractivity contribution >= 4 is 21.6 Å². The van der Waals surface area contributed by atoms with Crippen molar-refractivity contribution in [2.24, 2.45) is 11.0 Å². The molecule has 0 unspecified atom stereocenters. The third-order valence-corrected chi connectivity index (χ3v) is 6.29. The number of pyridine rings is 1. The van der Waals surface area contributed by atoms with Crippen LogP contribution in [0.1, 0.15) is 46.5 Å². The highest BCUT2D eigenvalue weighted by molar-refractivity contribution is 7.89. The fraction of sp³-hybridized carbons (Fsp3) is 0.625. The second-order valence-electron chi connectivity index (χ2n) is 5.94. The Morgan fingerprint density at radius 1 is 1.26 bits per heavy atom. The molecule has 1 aromatic heterocycles. The molecule has 1 aliphatic rings. The lowest BCUT2D eigenvalue weighted by atomic mass is 9.90. The van der Waals surface area contributed by atoms with Gasteiger partial charge in [0.2, 0.25) is 10.0 Å². The van der Waals surface area contributed by atoms with Gasteiger partial charge in [-0.15, -0.1) is 0 Å². The van der Waals surface area contributed by atoms with Crippen LogP contribution in [0.5, 0.6) is 0 Å². The van der Waals surface area contributed by atoms with Crippen LogP contribution in [0.4, 0.5) is 5.82 Å². The molecule has 1 N–H and O–H groups in total. The Balaban J connectivity index is 2.04. The minimum absolute atomic E-state index is 0.214. The summed E-state index contributed by atoms with van der Waals surface area (Å²) in [6, 6.07) is 3.23. The van der Waals surface area contributed by atoms with E-state index in [2.05, 4.69) is 22.4 Å². The average Bonchev–Trinajstić information content (AvgIpc) is 2.55. The van der Waals surface area contributed by atoms with E-state index in [1.165, 1.54) is 23.3 Å². The molecule has 0 saturated heterocycles. The van der Waals surface area contributed by atoms with Gasteiger partial charge in [0.25, 0.3) is 0 Å². The van der Waals surface area contributed by atoms with E-state index in [0.29, 0.717) is 18.9 Å². The van der Waals surface area contributed by atoms with Gasteiger partial charge in [0, 0.05) is 25.0 Å². The van der Waals surface area contributed by atoms with Crippen molar-refractivity contribution in [1.82, 2.24) is 9.29 Å². The SMILES string of the molecule is CCN(CC)S(=O)(=O)c1ccc(NN=C2CCC(C)CC2)nc1. The van der Waals surface area contributed by atoms with Gasteiger partial charge in [0.05, 0.1) is 0 Å². The quantitative estimate of drug-likeness (QED) is 0.809. The van der Waals surface area contributed by atoms with Crippen LogP contribution < -0.4 is 5.43 Å². The summed E-state index contributed by atoms with van der Waals surface area (Å²) in [4.78, 5) is 4.39. The van der Waals surface area contributed by atoms with Crippen molar-refractivity contribution in [3.05, 3.63) is 18.3 Å². The maximum absolute atomic E-state index is 12.4. The lowest BCUT2D eigenvalue weighted by Gasteiger charge is -2.19. The van der Waals surface area contributed by atoms with Crippen LogP contribution in [-0.2, 0) is 10.0 Å². The molecule has 0 spiro atoms. The van der Waals surface area contributed by atoms with E-state index < -0.39 is 10.0 Å². The Bertz CT molecular complexity index is 627. The molecule has 7 heteroatoms. The van der Waals surface area contributed by atoms with Crippen molar-refractivity contribution in [2.45, 2.75) is 51.3 Å². The molecule has 6 nitrogen and oxygen atoms in total. The van der Waals surface area contributed by atoms with Gasteiger partial charge in [-0.1, -0.05) is 20.8 Å². The lowest BCUT2D eigenvalue weighted by Crippen LogP contribution is -2.30. The highest BCUT2D eigenvalue weighted by Gasteiger charge is 2.21. The highest BCUT2D eigenvalue weighted by atomic mass is 32.2. The molecule has 1 aliphatic carbocycles. The van der Waals surface area contributed by atoms with Crippen LogP contribution in [-0.4, -0.2) is 36.5 Å². The monoisotopic (exact) mass is 338 g/mol. The first-order chi connectivity index (χ1) is 11.0. The maximum atomic E-state index is 12.4. The topological polar surface area (TPSA) is 74.7 Å². The number of anilines is 1. The van der Waals surface area contributed by atoms with Crippen molar-refractivity contribution < 1.29 is 8.42 Å². The number of aromatic nitrogens is 1. The predicted octanol–water partition coefficient (Wildman–Crippen LogP) is 3.09. The molecule has 0 amide bonds. The summed E-state index contributed by atoms with van der Waals surface area (Å²) >= 11 is 0. The van der Waals surface area contributed by atoms with E-state index >= 15 is 0 Å². The van der Waals surface area contributed by atoms with Crippen LogP contribution in [0, 0.1) is 5.92 Å². The van der Waals surface area contributed by atoms with Crippen LogP contribution in [0.3, 0.4) is 0 Å². The van der Waals surface area contributed by atoms with Crippen LogP contribution in [0.2, 0.25) is 0 Å². The first kappa shape index (κ1) is 17.9. The molecule has 128 valence electrons. The summed E-state index contributed by atoms with van der Waals surface area (Å²) in [5, 5.41) is 4.39. The van der Waals surface area contributed by atoms with Gasteiger partial charge in [-0.25, -0.2) is 13.4 Å². The molecular weight excluding hydrogens is 312 g/mol. The molecule has 23 heavy (non-hydrogen) atoms. The van der Waals surface area contributed by atoms with Crippen LogP contribution in [0.15, 0.2) is 28.3 Å². The number of sulfonamides is 1. The average molecular weight is 338 g/mol. The molecule has 0 radical (unpaired) electrons. The Hall–Kier alpha value is -1.47. The van der Waals surface area contributed by atoms with Gasteiger partial charge in [-0.3, -0.25) is 5.43 Å². The smallest absolute Gasteiger partial charge is 0.244 e. The summed E-state index contributed by atoms with van der Waals surface area (Å²) in [5.41, 5.74) is 4.09. The number of nitrogens with one attached hydrogen (secondary N) is 1. The Labute approximate surface area is 139 Å². The van der Waals surface area contributed by atoms with E-state index in [0.717, 1.165) is 24.5 Å². The fourth-order valence-corrected chi connectivity index (χ4v) is 4.06. The summed E-state index contributed by atoms with van der Waals surface area (Å²) in [6.07, 6.45) is 5.77. The Kier molecular flexibility index (Phi) is 6.12. The Morgan fingerprint density at radius 3 is 2.43 bits per heavy atom. The maximum Gasteiger partial charge on any atom is 0.244 e. The van der Waals surface area contributed by atoms with Crippen molar-refractivity contribution in [1.29, 1.82) is 0 Å². The van der Waals surface area contributed by atoms with Gasteiger partial charge in [0.1, 0.15) is 10.7 Å². The van der Waals surface area contributed by atoms with Gasteiger partial charge in [0.15, 0.2) is 0 Å². The molecule has 0 atom stereocenters. The Morgan fingerprint density at radius 2 is 1.91 bits per heavy atom. The van der Waals surface area contributed by atoms with E-state index in [9.17, 15) is 8.42 Å². The third-order valence-electron chi connectivity index (χ3n) is 4.26. The third kappa shape index (κ3) is 4.51. The van der Waals surface area contributed by atoms with Crippen molar-refractivity contribution in [3.8, 4) is 0 Å². The number of hydrazone groups is 1. The summed E-state index contributed by atoms with van der Waals surface area (Å²) in [6.45, 7) is 6.81. The number of hydrogen-bond acceptors (Lipinski definition) is 5. The molecule has 1 aromatic rings.